The lowest BCUT2D eigenvalue weighted by Gasteiger charge is -2.42. The van der Waals surface area contributed by atoms with Gasteiger partial charge in [0.1, 0.15) is 6.10 Å². The van der Waals surface area contributed by atoms with Crippen LogP contribution in [0.4, 0.5) is 0 Å². The van der Waals surface area contributed by atoms with Crippen LogP contribution in [0.25, 0.3) is 10.9 Å². The van der Waals surface area contributed by atoms with Crippen molar-refractivity contribution in [2.75, 3.05) is 20.6 Å². The number of fused-ring (bicyclic) bond motifs is 1. The summed E-state index contributed by atoms with van der Waals surface area (Å²) in [4.78, 5) is 14.3. The van der Waals surface area contributed by atoms with Crippen molar-refractivity contribution >= 4 is 17.4 Å². The number of rotatable bonds is 5. The van der Waals surface area contributed by atoms with Crippen LogP contribution in [0.3, 0.4) is 0 Å². The summed E-state index contributed by atoms with van der Waals surface area (Å²) in [5.41, 5.74) is 2.18. The second-order valence-corrected chi connectivity index (χ2v) is 6.90. The molecule has 1 aromatic carbocycles. The van der Waals surface area contributed by atoms with E-state index in [4.69, 9.17) is 4.74 Å². The predicted octanol–water partition coefficient (Wildman–Crippen LogP) is 0.405. The summed E-state index contributed by atoms with van der Waals surface area (Å²) in [6.45, 7) is 1.79. The number of quaternary nitrogens is 1. The van der Waals surface area contributed by atoms with Gasteiger partial charge in [0.2, 0.25) is 0 Å². The molecule has 2 unspecified atom stereocenters. The number of aromatic nitrogens is 1. The number of carbonyl (C=O) groups is 1. The van der Waals surface area contributed by atoms with Crippen molar-refractivity contribution in [3.05, 3.63) is 36.0 Å². The smallest absolute Gasteiger partial charge is 0.293 e. The van der Waals surface area contributed by atoms with Crippen molar-refractivity contribution in [3.63, 3.8) is 0 Å². The van der Waals surface area contributed by atoms with Gasteiger partial charge in [-0.25, -0.2) is 0 Å². The molecule has 2 aromatic rings. The molecule has 0 spiro atoms. The third kappa shape index (κ3) is 3.88. The summed E-state index contributed by atoms with van der Waals surface area (Å²) < 4.78 is 6.49. The maximum atomic E-state index is 11.0. The van der Waals surface area contributed by atoms with E-state index in [0.29, 0.717) is 12.5 Å². The number of nitrogens with zero attached hydrogens (tertiary/aromatic N) is 1. The summed E-state index contributed by atoms with van der Waals surface area (Å²) in [5, 5.41) is 1.15. The highest BCUT2D eigenvalue weighted by Gasteiger charge is 2.34. The van der Waals surface area contributed by atoms with Gasteiger partial charge < -0.3 is 38.2 Å². The van der Waals surface area contributed by atoms with Gasteiger partial charge in [-0.3, -0.25) is 4.79 Å². The predicted molar refractivity (Wildman–Crippen MR) is 87.4 cm³/mol. The van der Waals surface area contributed by atoms with Crippen LogP contribution < -0.4 is 24.0 Å². The third-order valence-electron chi connectivity index (χ3n) is 5.18. The second kappa shape index (κ2) is 7.66. The first-order valence-electron chi connectivity index (χ1n) is 8.09. The molecular weight excluding hydrogens is 403 g/mol. The molecule has 126 valence electrons. The van der Waals surface area contributed by atoms with Gasteiger partial charge in [0.05, 0.1) is 26.7 Å². The lowest BCUT2D eigenvalue weighted by atomic mass is 9.92. The standard InChI is InChI=1S/C18H25N2O2.HI/c1-20(2)10-6-5-7-14(20)11-18(22-13-21)16-12-19-17-9-4-3-8-15(16)17;/h3-4,8-9,12-14,18-19H,5-7,10-11H2,1-2H3;1H/q+1;/p-1. The highest BCUT2D eigenvalue weighted by atomic mass is 127. The number of carbonyl (C=O) groups excluding carboxylic acids is 1. The van der Waals surface area contributed by atoms with Crippen LogP contribution in [0.2, 0.25) is 0 Å². The van der Waals surface area contributed by atoms with Gasteiger partial charge in [0.15, 0.2) is 0 Å². The Kier molecular flexibility index (Phi) is 6.08. The van der Waals surface area contributed by atoms with Crippen LogP contribution in [-0.2, 0) is 9.53 Å². The Labute approximate surface area is 154 Å². The molecule has 1 N–H and O–H groups in total. The van der Waals surface area contributed by atoms with Crippen LogP contribution in [0.15, 0.2) is 30.5 Å². The molecule has 23 heavy (non-hydrogen) atoms. The van der Waals surface area contributed by atoms with Crippen molar-refractivity contribution in [3.8, 4) is 0 Å². The molecule has 1 aliphatic rings. The highest BCUT2D eigenvalue weighted by molar-refractivity contribution is 5.83. The van der Waals surface area contributed by atoms with Gasteiger partial charge in [0, 0.05) is 29.1 Å². The zero-order valence-electron chi connectivity index (χ0n) is 13.8. The van der Waals surface area contributed by atoms with Gasteiger partial charge in [-0.05, 0) is 25.3 Å². The first-order valence-corrected chi connectivity index (χ1v) is 8.09. The normalized spacial score (nSPS) is 21.4. The quantitative estimate of drug-likeness (QED) is 0.426. The molecule has 1 fully saturated rings. The molecule has 2 heterocycles. The average Bonchev–Trinajstić information content (AvgIpc) is 2.92. The van der Waals surface area contributed by atoms with Gasteiger partial charge in [-0.1, -0.05) is 18.2 Å². The van der Waals surface area contributed by atoms with Crippen molar-refractivity contribution in [2.24, 2.45) is 0 Å². The average molecular weight is 428 g/mol. The van der Waals surface area contributed by atoms with E-state index < -0.39 is 0 Å². The molecule has 3 rings (SSSR count). The van der Waals surface area contributed by atoms with Crippen molar-refractivity contribution in [1.29, 1.82) is 0 Å². The van der Waals surface area contributed by atoms with E-state index in [9.17, 15) is 4.79 Å². The Morgan fingerprint density at radius 1 is 1.35 bits per heavy atom. The highest BCUT2D eigenvalue weighted by Crippen LogP contribution is 2.34. The third-order valence-corrected chi connectivity index (χ3v) is 5.18. The molecule has 0 amide bonds. The molecule has 0 saturated carbocycles. The molecule has 2 atom stereocenters. The van der Waals surface area contributed by atoms with Crippen molar-refractivity contribution in [2.45, 2.75) is 37.8 Å². The lowest BCUT2D eigenvalue weighted by molar-refractivity contribution is -0.920. The number of piperidine rings is 1. The van der Waals surface area contributed by atoms with Crippen molar-refractivity contribution < 1.29 is 38.0 Å². The number of H-pyrrole nitrogens is 1. The molecule has 5 heteroatoms. The molecule has 1 aliphatic heterocycles. The minimum absolute atomic E-state index is 0. The SMILES string of the molecule is C[N+]1(C)CCCCC1CC(OC=O)c1c[nH]c2ccccc12.[I-]. The fourth-order valence-electron chi connectivity index (χ4n) is 3.76. The number of nitrogens with one attached hydrogen (secondary N) is 1. The summed E-state index contributed by atoms with van der Waals surface area (Å²) in [6, 6.07) is 8.71. The number of benzene rings is 1. The van der Waals surface area contributed by atoms with Gasteiger partial charge >= 0.3 is 0 Å². The van der Waals surface area contributed by atoms with Crippen LogP contribution in [-0.4, -0.2) is 42.6 Å². The largest absolute Gasteiger partial charge is 1.00 e. The van der Waals surface area contributed by atoms with E-state index in [1.807, 2.05) is 18.3 Å². The number of likely N-dealkylation sites (tertiary alicyclic amines) is 1. The Bertz CT molecular complexity index is 653. The summed E-state index contributed by atoms with van der Waals surface area (Å²) in [5.74, 6) is 0. The van der Waals surface area contributed by atoms with Crippen molar-refractivity contribution in [1.82, 2.24) is 4.98 Å². The first-order chi connectivity index (χ1) is 10.6. The number of hydrogen-bond acceptors (Lipinski definition) is 2. The van der Waals surface area contributed by atoms with Gasteiger partial charge in [0.25, 0.3) is 6.47 Å². The minimum Gasteiger partial charge on any atom is -1.00 e. The summed E-state index contributed by atoms with van der Waals surface area (Å²) >= 11 is 0. The molecule has 1 saturated heterocycles. The van der Waals surface area contributed by atoms with E-state index >= 15 is 0 Å². The summed E-state index contributed by atoms with van der Waals surface area (Å²) in [6.07, 6.45) is 6.46. The van der Waals surface area contributed by atoms with Crippen LogP contribution in [0.1, 0.15) is 37.4 Å². The topological polar surface area (TPSA) is 42.1 Å². The zero-order valence-corrected chi connectivity index (χ0v) is 16.0. The maximum Gasteiger partial charge on any atom is 0.293 e. The minimum atomic E-state index is -0.172. The Morgan fingerprint density at radius 2 is 2.13 bits per heavy atom. The fraction of sp³-hybridized carbons (Fsp3) is 0.500. The van der Waals surface area contributed by atoms with E-state index in [1.54, 1.807) is 0 Å². The monoisotopic (exact) mass is 428 g/mol. The van der Waals surface area contributed by atoms with E-state index in [1.165, 1.54) is 25.8 Å². The maximum absolute atomic E-state index is 11.0. The Morgan fingerprint density at radius 3 is 2.87 bits per heavy atom. The first kappa shape index (κ1) is 18.3. The molecule has 0 radical (unpaired) electrons. The number of para-hydroxylation sites is 1. The summed E-state index contributed by atoms with van der Waals surface area (Å²) in [7, 11) is 4.58. The number of aromatic amines is 1. The Balaban J connectivity index is 0.00000192. The number of hydrogen-bond donors (Lipinski definition) is 1. The van der Waals surface area contributed by atoms with Crippen LogP contribution in [0, 0.1) is 0 Å². The van der Waals surface area contributed by atoms with E-state index in [2.05, 4.69) is 31.2 Å². The number of ether oxygens (including phenoxy) is 1. The number of halogens is 1. The molecular formula is C18H25IN2O2. The van der Waals surface area contributed by atoms with Crippen LogP contribution in [0.5, 0.6) is 0 Å². The zero-order chi connectivity index (χ0) is 15.6. The lowest BCUT2D eigenvalue weighted by Crippen LogP contribution is -3.00. The van der Waals surface area contributed by atoms with Gasteiger partial charge in [-0.15, -0.1) is 0 Å². The Hall–Kier alpha value is -1.08. The van der Waals surface area contributed by atoms with Crippen LogP contribution >= 0.6 is 0 Å². The fourth-order valence-corrected chi connectivity index (χ4v) is 3.76. The van der Waals surface area contributed by atoms with E-state index in [-0.39, 0.29) is 30.1 Å². The molecule has 0 aliphatic carbocycles. The molecule has 0 bridgehead atoms. The molecule has 1 aromatic heterocycles. The molecule has 4 nitrogen and oxygen atoms in total. The van der Waals surface area contributed by atoms with Gasteiger partial charge in [-0.2, -0.15) is 0 Å². The second-order valence-electron chi connectivity index (χ2n) is 6.90. The van der Waals surface area contributed by atoms with E-state index in [0.717, 1.165) is 27.4 Å².